The highest BCUT2D eigenvalue weighted by Gasteiger charge is 2.49. The highest BCUT2D eigenvalue weighted by molar-refractivity contribution is 6.02. The molecule has 2 saturated heterocycles. The summed E-state index contributed by atoms with van der Waals surface area (Å²) < 4.78 is 43.0. The Morgan fingerprint density at radius 1 is 0.767 bits per heavy atom. The molecule has 0 bridgehead atoms. The van der Waals surface area contributed by atoms with Gasteiger partial charge in [0.1, 0.15) is 36.8 Å². The van der Waals surface area contributed by atoms with Crippen LogP contribution < -0.4 is 0 Å². The van der Waals surface area contributed by atoms with Crippen LogP contribution in [0.1, 0.15) is 28.7 Å². The lowest BCUT2D eigenvalue weighted by Crippen LogP contribution is -2.61. The van der Waals surface area contributed by atoms with Crippen LogP contribution in [0, 0.1) is 5.92 Å². The predicted molar refractivity (Wildman–Crippen MR) is 220 cm³/mol. The number of nitrogens with zero attached hydrogens (tertiary/aromatic N) is 1. The minimum Gasteiger partial charge on any atom is -0.482 e. The van der Waals surface area contributed by atoms with Crippen molar-refractivity contribution in [2.45, 2.75) is 75.3 Å². The number of methoxy groups -OCH3 is 1. The van der Waals surface area contributed by atoms with Crippen molar-refractivity contribution in [1.82, 2.24) is 4.90 Å². The van der Waals surface area contributed by atoms with Crippen LogP contribution in [-0.2, 0) is 68.8 Å². The molecule has 60 heavy (non-hydrogen) atoms. The lowest BCUT2D eigenvalue weighted by molar-refractivity contribution is -0.319. The minimum absolute atomic E-state index is 0.0523. The van der Waals surface area contributed by atoms with Crippen molar-refractivity contribution in [3.05, 3.63) is 168 Å². The molecular weight excluding hydrogens is 767 g/mol. The fourth-order valence-electron chi connectivity index (χ4n) is 7.76. The van der Waals surface area contributed by atoms with Gasteiger partial charge in [0.05, 0.1) is 38.4 Å². The van der Waals surface area contributed by atoms with E-state index in [1.54, 1.807) is 12.2 Å². The molecule has 0 radical (unpaired) electrons. The number of amides is 2. The van der Waals surface area contributed by atoms with E-state index in [-0.39, 0.29) is 45.2 Å². The second-order valence-electron chi connectivity index (χ2n) is 14.9. The Bertz CT molecular complexity index is 2050. The first-order valence-corrected chi connectivity index (χ1v) is 20.3. The van der Waals surface area contributed by atoms with Crippen molar-refractivity contribution >= 4 is 17.8 Å². The van der Waals surface area contributed by atoms with Gasteiger partial charge in [-0.05, 0) is 59.7 Å². The van der Waals surface area contributed by atoms with Crippen molar-refractivity contribution in [1.29, 1.82) is 0 Å². The van der Waals surface area contributed by atoms with Crippen molar-refractivity contribution < 1.29 is 52.6 Å². The zero-order valence-corrected chi connectivity index (χ0v) is 33.5. The summed E-state index contributed by atoms with van der Waals surface area (Å²) in [6.45, 7) is 0.413. The molecule has 1 N–H and O–H groups in total. The second-order valence-corrected chi connectivity index (χ2v) is 14.9. The number of rotatable bonds is 18. The van der Waals surface area contributed by atoms with Crippen LogP contribution >= 0.6 is 0 Å². The van der Waals surface area contributed by atoms with Gasteiger partial charge in [0.25, 0.3) is 0 Å². The molecule has 3 aliphatic rings. The SMILES string of the molecule is COC1OC(CO)C(OCc2ccccc2)C(OCc2ccccc2)C1OCCC=C1C=CC(=O)C(C(Cc2ccccc2)C(=O)N2C(=O)OCC2Cc2ccccc2)O1. The average molecular weight is 818 g/mol. The number of cyclic esters (lactones) is 1. The fourth-order valence-corrected chi connectivity index (χ4v) is 7.76. The first-order valence-electron chi connectivity index (χ1n) is 20.3. The molecule has 3 heterocycles. The summed E-state index contributed by atoms with van der Waals surface area (Å²) in [4.78, 5) is 42.3. The van der Waals surface area contributed by atoms with Gasteiger partial charge < -0.3 is 38.3 Å². The van der Waals surface area contributed by atoms with Crippen LogP contribution in [0.25, 0.3) is 0 Å². The second kappa shape index (κ2) is 21.2. The standard InChI is InChI=1S/C48H51NO11/c1-54-47-45(44(57-31-36-21-12-5-13-22-36)43(41(29-50)60-47)56-30-35-19-10-4-11-20-35)55-26-14-23-38-24-25-40(51)42(59-38)39(28-34-17-8-3-9-18-34)46(52)49-37(32-58-48(49)53)27-33-15-6-2-7-16-33/h2-13,15-25,37,39,41-45,47,50H,14,26-32H2,1H3. The topological polar surface area (TPSA) is 139 Å². The van der Waals surface area contributed by atoms with Gasteiger partial charge in [-0.15, -0.1) is 0 Å². The number of ketones is 1. The molecule has 3 aliphatic heterocycles. The Morgan fingerprint density at radius 3 is 1.95 bits per heavy atom. The third-order valence-corrected chi connectivity index (χ3v) is 10.8. The minimum atomic E-state index is -1.20. The summed E-state index contributed by atoms with van der Waals surface area (Å²) in [7, 11) is 1.51. The molecule has 12 heteroatoms. The van der Waals surface area contributed by atoms with Gasteiger partial charge in [-0.1, -0.05) is 121 Å². The fraction of sp³-hybridized carbons (Fsp3) is 0.354. The summed E-state index contributed by atoms with van der Waals surface area (Å²) in [6.07, 6.45) is -0.0509. The van der Waals surface area contributed by atoms with Gasteiger partial charge in [-0.3, -0.25) is 9.59 Å². The molecule has 2 fully saturated rings. The van der Waals surface area contributed by atoms with Gasteiger partial charge in [0, 0.05) is 7.11 Å². The number of carbonyl (C=O) groups excluding carboxylic acids is 3. The maximum absolute atomic E-state index is 14.4. The number of carbonyl (C=O) groups is 3. The van der Waals surface area contributed by atoms with Crippen molar-refractivity contribution in [2.24, 2.45) is 5.92 Å². The van der Waals surface area contributed by atoms with E-state index in [2.05, 4.69) is 0 Å². The number of hydrogen-bond acceptors (Lipinski definition) is 11. The molecule has 8 unspecified atom stereocenters. The Hall–Kier alpha value is -5.47. The van der Waals surface area contributed by atoms with Crippen molar-refractivity contribution in [3.63, 3.8) is 0 Å². The largest absolute Gasteiger partial charge is 0.482 e. The molecule has 4 aromatic carbocycles. The molecule has 0 aromatic heterocycles. The first-order chi connectivity index (χ1) is 29.4. The highest BCUT2D eigenvalue weighted by atomic mass is 16.7. The number of aliphatic hydroxyl groups excluding tert-OH is 1. The number of imide groups is 1. The van der Waals surface area contributed by atoms with E-state index in [9.17, 15) is 19.5 Å². The van der Waals surface area contributed by atoms with Crippen LogP contribution in [0.5, 0.6) is 0 Å². The zero-order valence-electron chi connectivity index (χ0n) is 33.5. The third kappa shape index (κ3) is 10.8. The summed E-state index contributed by atoms with van der Waals surface area (Å²) in [5.41, 5.74) is 3.67. The van der Waals surface area contributed by atoms with Crippen LogP contribution in [0.3, 0.4) is 0 Å². The van der Waals surface area contributed by atoms with Crippen LogP contribution in [0.15, 0.2) is 145 Å². The first kappa shape index (κ1) is 42.6. The maximum atomic E-state index is 14.4. The quantitative estimate of drug-likeness (QED) is 0.116. The van der Waals surface area contributed by atoms with Gasteiger partial charge in [0.2, 0.25) is 5.91 Å². The van der Waals surface area contributed by atoms with Crippen molar-refractivity contribution in [3.8, 4) is 0 Å². The van der Waals surface area contributed by atoms with Gasteiger partial charge in [-0.2, -0.15) is 0 Å². The number of aliphatic hydroxyl groups is 1. The van der Waals surface area contributed by atoms with Gasteiger partial charge in [0.15, 0.2) is 18.2 Å². The Balaban J connectivity index is 1.06. The van der Waals surface area contributed by atoms with Gasteiger partial charge >= 0.3 is 6.09 Å². The summed E-state index contributed by atoms with van der Waals surface area (Å²) in [5, 5.41) is 10.4. The van der Waals surface area contributed by atoms with Crippen LogP contribution in [-0.4, -0.2) is 97.6 Å². The molecule has 4 aromatic rings. The highest BCUT2D eigenvalue weighted by Crippen LogP contribution is 2.32. The molecule has 12 nitrogen and oxygen atoms in total. The smallest absolute Gasteiger partial charge is 0.416 e. The zero-order chi connectivity index (χ0) is 41.7. The third-order valence-electron chi connectivity index (χ3n) is 10.8. The predicted octanol–water partition coefficient (Wildman–Crippen LogP) is 6.15. The van der Waals surface area contributed by atoms with Crippen molar-refractivity contribution in [2.75, 3.05) is 26.9 Å². The Kier molecular flexibility index (Phi) is 15.0. The van der Waals surface area contributed by atoms with Crippen LogP contribution in [0.2, 0.25) is 0 Å². The molecular formula is C48H51NO11. The average Bonchev–Trinajstić information content (AvgIpc) is 3.66. The maximum Gasteiger partial charge on any atom is 0.416 e. The van der Waals surface area contributed by atoms with E-state index >= 15 is 0 Å². The molecule has 0 aliphatic carbocycles. The lowest BCUT2D eigenvalue weighted by atomic mass is 9.88. The molecule has 2 amide bonds. The molecule has 0 saturated carbocycles. The van der Waals surface area contributed by atoms with Gasteiger partial charge in [-0.25, -0.2) is 9.69 Å². The molecule has 7 rings (SSSR count). The van der Waals surface area contributed by atoms with E-state index in [1.165, 1.54) is 13.2 Å². The lowest BCUT2D eigenvalue weighted by Gasteiger charge is -2.45. The van der Waals surface area contributed by atoms with Crippen LogP contribution in [0.4, 0.5) is 4.79 Å². The van der Waals surface area contributed by atoms with E-state index < -0.39 is 60.8 Å². The van der Waals surface area contributed by atoms with E-state index in [0.717, 1.165) is 27.2 Å². The van der Waals surface area contributed by atoms with E-state index in [0.29, 0.717) is 18.6 Å². The van der Waals surface area contributed by atoms with E-state index in [1.807, 2.05) is 121 Å². The Morgan fingerprint density at radius 2 is 1.35 bits per heavy atom. The molecule has 8 atom stereocenters. The molecule has 314 valence electrons. The Labute approximate surface area is 350 Å². The number of benzene rings is 4. The molecule has 0 spiro atoms. The normalized spacial score (nSPS) is 25.2. The summed E-state index contributed by atoms with van der Waals surface area (Å²) in [6, 6.07) is 37.8. The number of allylic oxidation sites excluding steroid dienone is 1. The van der Waals surface area contributed by atoms with E-state index in [4.69, 9.17) is 33.2 Å². The summed E-state index contributed by atoms with van der Waals surface area (Å²) >= 11 is 0. The monoisotopic (exact) mass is 817 g/mol. The number of ether oxygens (including phenoxy) is 7. The summed E-state index contributed by atoms with van der Waals surface area (Å²) in [5.74, 6) is -1.56. The number of hydrogen-bond donors (Lipinski definition) is 1.